The van der Waals surface area contributed by atoms with Gasteiger partial charge in [0.2, 0.25) is 0 Å². The standard InChI is InChI=1S/C25H27F2N7O3/c1-6-32-13-16(10-31-32)34-19-7-18(17(11-29-3)14(2)28)30-9-15(19)12-33(25(34)35)24-22(26)20(36-4)8-21(37-5)23(24)27/h7-11,13,28-29H,6,12H2,1-5H3/b17-11+,28-14?. The van der Waals surface area contributed by atoms with Crippen LogP contribution in [0.25, 0.3) is 5.57 Å². The van der Waals surface area contributed by atoms with Gasteiger partial charge in [0, 0.05) is 55.1 Å². The van der Waals surface area contributed by atoms with Crippen LogP contribution in [0, 0.1) is 17.0 Å². The summed E-state index contributed by atoms with van der Waals surface area (Å²) >= 11 is 0. The molecule has 0 radical (unpaired) electrons. The van der Waals surface area contributed by atoms with Crippen molar-refractivity contribution in [3.63, 3.8) is 0 Å². The van der Waals surface area contributed by atoms with Gasteiger partial charge in [-0.25, -0.2) is 13.6 Å². The van der Waals surface area contributed by atoms with Gasteiger partial charge in [0.25, 0.3) is 0 Å². The Bertz CT molecular complexity index is 1370. The van der Waals surface area contributed by atoms with Crippen LogP contribution in [-0.2, 0) is 13.1 Å². The minimum absolute atomic E-state index is 0.168. The Morgan fingerprint density at radius 3 is 2.41 bits per heavy atom. The summed E-state index contributed by atoms with van der Waals surface area (Å²) in [5.41, 5.74) is 2.03. The number of methoxy groups -OCH3 is 2. The summed E-state index contributed by atoms with van der Waals surface area (Å²) in [6.45, 7) is 3.91. The van der Waals surface area contributed by atoms with E-state index in [-0.39, 0.29) is 23.8 Å². The number of rotatable bonds is 8. The zero-order chi connectivity index (χ0) is 26.9. The van der Waals surface area contributed by atoms with E-state index in [1.54, 1.807) is 37.1 Å². The molecule has 12 heteroatoms. The van der Waals surface area contributed by atoms with E-state index in [1.165, 1.54) is 31.5 Å². The van der Waals surface area contributed by atoms with E-state index in [4.69, 9.17) is 14.9 Å². The molecule has 194 valence electrons. The fraction of sp³-hybridized carbons (Fsp3) is 0.280. The minimum atomic E-state index is -1.04. The molecular weight excluding hydrogens is 484 g/mol. The van der Waals surface area contributed by atoms with Crippen molar-refractivity contribution in [2.75, 3.05) is 31.1 Å². The number of benzene rings is 1. The van der Waals surface area contributed by atoms with Crippen LogP contribution in [0.1, 0.15) is 25.1 Å². The molecule has 0 unspecified atom stereocenters. The van der Waals surface area contributed by atoms with E-state index in [1.807, 2.05) is 6.92 Å². The van der Waals surface area contributed by atoms with Gasteiger partial charge in [-0.3, -0.25) is 19.5 Å². The number of carbonyl (C=O) groups is 1. The van der Waals surface area contributed by atoms with Gasteiger partial charge in [-0.2, -0.15) is 5.10 Å². The number of amides is 2. The van der Waals surface area contributed by atoms with E-state index >= 15 is 8.78 Å². The molecule has 0 saturated carbocycles. The van der Waals surface area contributed by atoms with Crippen molar-refractivity contribution in [1.29, 1.82) is 5.41 Å². The van der Waals surface area contributed by atoms with Crippen molar-refractivity contribution in [2.24, 2.45) is 0 Å². The maximum absolute atomic E-state index is 15.4. The summed E-state index contributed by atoms with van der Waals surface area (Å²) < 4.78 is 42.6. The van der Waals surface area contributed by atoms with E-state index in [0.717, 1.165) is 11.0 Å². The minimum Gasteiger partial charge on any atom is -0.493 e. The number of carbonyl (C=O) groups excluding carboxylic acids is 1. The Hall–Kier alpha value is -4.48. The Morgan fingerprint density at radius 2 is 1.86 bits per heavy atom. The maximum Gasteiger partial charge on any atom is 0.334 e. The molecule has 0 saturated heterocycles. The zero-order valence-corrected chi connectivity index (χ0v) is 21.1. The Morgan fingerprint density at radius 1 is 1.19 bits per heavy atom. The number of nitrogens with zero attached hydrogens (tertiary/aromatic N) is 5. The SMILES string of the molecule is CCn1cc(N2C(=O)N(c3c(F)c(OC)cc(OC)c3F)Cc3cnc(/C(=C/NC)C(C)=N)cc32)cn1. The van der Waals surface area contributed by atoms with Crippen LogP contribution < -0.4 is 24.6 Å². The first kappa shape index (κ1) is 25.6. The largest absolute Gasteiger partial charge is 0.493 e. The van der Waals surface area contributed by atoms with Gasteiger partial charge < -0.3 is 20.2 Å². The Labute approximate surface area is 212 Å². The Balaban J connectivity index is 1.94. The third-order valence-corrected chi connectivity index (χ3v) is 5.94. The monoisotopic (exact) mass is 511 g/mol. The molecule has 0 aliphatic carbocycles. The van der Waals surface area contributed by atoms with Crippen LogP contribution in [0.3, 0.4) is 0 Å². The number of halogens is 2. The normalized spacial score (nSPS) is 13.5. The van der Waals surface area contributed by atoms with E-state index in [9.17, 15) is 4.79 Å². The molecule has 0 bridgehead atoms. The first-order valence-electron chi connectivity index (χ1n) is 11.4. The second-order valence-corrected chi connectivity index (χ2v) is 8.19. The molecule has 37 heavy (non-hydrogen) atoms. The van der Waals surface area contributed by atoms with E-state index < -0.39 is 23.4 Å². The van der Waals surface area contributed by atoms with Crippen molar-refractivity contribution in [2.45, 2.75) is 26.9 Å². The van der Waals surface area contributed by atoms with Crippen molar-refractivity contribution in [3.8, 4) is 11.5 Å². The predicted octanol–water partition coefficient (Wildman–Crippen LogP) is 4.47. The molecule has 2 amide bonds. The first-order valence-corrected chi connectivity index (χ1v) is 11.4. The number of hydrogen-bond acceptors (Lipinski definition) is 7. The second-order valence-electron chi connectivity index (χ2n) is 8.19. The summed E-state index contributed by atoms with van der Waals surface area (Å²) in [6.07, 6.45) is 6.33. The fourth-order valence-corrected chi connectivity index (χ4v) is 4.11. The number of nitrogens with one attached hydrogen (secondary N) is 2. The molecule has 4 rings (SSSR count). The summed E-state index contributed by atoms with van der Waals surface area (Å²) in [4.78, 5) is 20.7. The van der Waals surface area contributed by atoms with Crippen LogP contribution >= 0.6 is 0 Å². The van der Waals surface area contributed by atoms with E-state index in [0.29, 0.717) is 34.8 Å². The molecule has 0 fully saturated rings. The number of ether oxygens (including phenoxy) is 2. The lowest BCUT2D eigenvalue weighted by Gasteiger charge is -2.37. The highest BCUT2D eigenvalue weighted by Crippen LogP contribution is 2.43. The van der Waals surface area contributed by atoms with Crippen molar-refractivity contribution in [1.82, 2.24) is 20.1 Å². The van der Waals surface area contributed by atoms with Crippen LogP contribution in [0.15, 0.2) is 36.9 Å². The molecule has 3 aromatic rings. The zero-order valence-electron chi connectivity index (χ0n) is 21.1. The van der Waals surface area contributed by atoms with Gasteiger partial charge in [0.1, 0.15) is 5.69 Å². The quantitative estimate of drug-likeness (QED) is 0.432. The highest BCUT2D eigenvalue weighted by Gasteiger charge is 2.38. The molecule has 1 aliphatic heterocycles. The smallest absolute Gasteiger partial charge is 0.334 e. The molecule has 0 atom stereocenters. The average Bonchev–Trinajstić information content (AvgIpc) is 3.36. The topological polar surface area (TPSA) is 109 Å². The molecule has 1 aromatic carbocycles. The summed E-state index contributed by atoms with van der Waals surface area (Å²) in [6, 6.07) is 2.05. The van der Waals surface area contributed by atoms with Crippen LogP contribution in [0.2, 0.25) is 0 Å². The number of urea groups is 1. The van der Waals surface area contributed by atoms with Crippen LogP contribution in [-0.4, -0.2) is 47.8 Å². The van der Waals surface area contributed by atoms with Gasteiger partial charge >= 0.3 is 6.03 Å². The summed E-state index contributed by atoms with van der Waals surface area (Å²) in [5, 5.41) is 15.3. The lowest BCUT2D eigenvalue weighted by atomic mass is 10.0. The maximum atomic E-state index is 15.4. The second kappa shape index (κ2) is 10.2. The molecule has 3 heterocycles. The van der Waals surface area contributed by atoms with Gasteiger partial charge in [-0.1, -0.05) is 0 Å². The fourth-order valence-electron chi connectivity index (χ4n) is 4.11. The number of pyridine rings is 1. The molecule has 10 nitrogen and oxygen atoms in total. The summed E-state index contributed by atoms with van der Waals surface area (Å²) in [7, 11) is 4.19. The lowest BCUT2D eigenvalue weighted by molar-refractivity contribution is 0.251. The lowest BCUT2D eigenvalue weighted by Crippen LogP contribution is -2.45. The number of allylic oxidation sites excluding steroid dienone is 1. The first-order chi connectivity index (χ1) is 17.7. The van der Waals surface area contributed by atoms with Crippen molar-refractivity contribution in [3.05, 3.63) is 59.8 Å². The average molecular weight is 512 g/mol. The molecule has 0 spiro atoms. The third kappa shape index (κ3) is 4.46. The predicted molar refractivity (Wildman–Crippen MR) is 136 cm³/mol. The number of aryl methyl sites for hydroxylation is 1. The van der Waals surface area contributed by atoms with Gasteiger partial charge in [-0.05, 0) is 19.9 Å². The number of hydrogen-bond donors (Lipinski definition) is 2. The third-order valence-electron chi connectivity index (χ3n) is 5.94. The van der Waals surface area contributed by atoms with Crippen LogP contribution in [0.4, 0.5) is 30.6 Å². The number of aromatic nitrogens is 3. The van der Waals surface area contributed by atoms with Crippen LogP contribution in [0.5, 0.6) is 11.5 Å². The summed E-state index contributed by atoms with van der Waals surface area (Å²) in [5.74, 6) is -2.61. The molecular formula is C25H27F2N7O3. The number of anilines is 3. The number of fused-ring (bicyclic) bond motifs is 1. The highest BCUT2D eigenvalue weighted by molar-refractivity contribution is 6.21. The van der Waals surface area contributed by atoms with E-state index in [2.05, 4.69) is 15.4 Å². The highest BCUT2D eigenvalue weighted by atomic mass is 19.1. The molecule has 1 aliphatic rings. The van der Waals surface area contributed by atoms with Crippen molar-refractivity contribution < 1.29 is 23.0 Å². The van der Waals surface area contributed by atoms with Crippen molar-refractivity contribution >= 4 is 34.4 Å². The van der Waals surface area contributed by atoms with Gasteiger partial charge in [-0.15, -0.1) is 0 Å². The van der Waals surface area contributed by atoms with Gasteiger partial charge in [0.05, 0.1) is 44.0 Å². The van der Waals surface area contributed by atoms with Gasteiger partial charge in [0.15, 0.2) is 23.1 Å². The Kier molecular flexibility index (Phi) is 7.09. The molecule has 2 aromatic heterocycles. The molecule has 2 N–H and O–H groups in total.